The van der Waals surface area contributed by atoms with Crippen LogP contribution >= 0.6 is 11.3 Å². The standard InChI is InChI=1S/C25H20N2O4S/c1-29-18-11-12-22-19(14-18)26-25(32-22)27(15-16-7-4-3-5-8-16)24(28)21-13-17-9-6-10-20(30-2)23(17)31-21/h3-14H,15H2,1-2H3. The molecule has 0 aliphatic carbocycles. The molecule has 0 radical (unpaired) electrons. The normalized spacial score (nSPS) is 11.1. The molecule has 0 unspecified atom stereocenters. The van der Waals surface area contributed by atoms with Gasteiger partial charge in [0.05, 0.1) is 31.0 Å². The third kappa shape index (κ3) is 3.67. The maximum absolute atomic E-state index is 13.7. The van der Waals surface area contributed by atoms with Gasteiger partial charge >= 0.3 is 0 Å². The summed E-state index contributed by atoms with van der Waals surface area (Å²) in [5.74, 6) is 1.28. The van der Waals surface area contributed by atoms with Gasteiger partial charge in [0.1, 0.15) is 5.75 Å². The summed E-state index contributed by atoms with van der Waals surface area (Å²) >= 11 is 1.45. The Balaban J connectivity index is 1.59. The summed E-state index contributed by atoms with van der Waals surface area (Å²) < 4.78 is 17.6. The summed E-state index contributed by atoms with van der Waals surface area (Å²) in [6, 6.07) is 22.8. The predicted octanol–water partition coefficient (Wildman–Crippen LogP) is 5.91. The van der Waals surface area contributed by atoms with Crippen LogP contribution in [0.2, 0.25) is 0 Å². The van der Waals surface area contributed by atoms with Gasteiger partial charge in [-0.15, -0.1) is 0 Å². The molecule has 6 nitrogen and oxygen atoms in total. The monoisotopic (exact) mass is 444 g/mol. The molecule has 0 bridgehead atoms. The Morgan fingerprint density at radius 2 is 1.84 bits per heavy atom. The van der Waals surface area contributed by atoms with E-state index in [1.165, 1.54) is 11.3 Å². The number of thiazole rings is 1. The lowest BCUT2D eigenvalue weighted by atomic mass is 10.2. The lowest BCUT2D eigenvalue weighted by Crippen LogP contribution is -2.30. The van der Waals surface area contributed by atoms with Crippen molar-refractivity contribution in [1.29, 1.82) is 0 Å². The maximum atomic E-state index is 13.7. The Labute approximate surface area is 188 Å². The van der Waals surface area contributed by atoms with Crippen LogP contribution in [0, 0.1) is 0 Å². The van der Waals surface area contributed by atoms with E-state index >= 15 is 0 Å². The fraction of sp³-hybridized carbons (Fsp3) is 0.120. The minimum Gasteiger partial charge on any atom is -0.497 e. The quantitative estimate of drug-likeness (QED) is 0.326. The van der Waals surface area contributed by atoms with Crippen LogP contribution in [0.3, 0.4) is 0 Å². The molecule has 0 fully saturated rings. The highest BCUT2D eigenvalue weighted by Gasteiger charge is 2.25. The van der Waals surface area contributed by atoms with Crippen molar-refractivity contribution in [1.82, 2.24) is 4.98 Å². The zero-order chi connectivity index (χ0) is 22.1. The van der Waals surface area contributed by atoms with Gasteiger partial charge in [0.2, 0.25) is 0 Å². The lowest BCUT2D eigenvalue weighted by Gasteiger charge is -2.18. The molecule has 3 aromatic carbocycles. The third-order valence-electron chi connectivity index (χ3n) is 5.18. The number of carbonyl (C=O) groups is 1. The van der Waals surface area contributed by atoms with Crippen LogP contribution in [0.5, 0.6) is 11.5 Å². The number of ether oxygens (including phenoxy) is 2. The van der Waals surface area contributed by atoms with E-state index in [1.807, 2.05) is 66.7 Å². The molecule has 0 aliphatic heterocycles. The van der Waals surface area contributed by atoms with E-state index in [1.54, 1.807) is 25.2 Å². The van der Waals surface area contributed by atoms with Crippen LogP contribution in [-0.4, -0.2) is 25.1 Å². The SMILES string of the molecule is COc1ccc2sc(N(Cc3ccccc3)C(=O)c3cc4cccc(OC)c4o3)nc2c1. The zero-order valence-corrected chi connectivity index (χ0v) is 18.4. The number of benzene rings is 3. The average molecular weight is 445 g/mol. The van der Waals surface area contributed by atoms with Crippen molar-refractivity contribution in [2.24, 2.45) is 0 Å². The smallest absolute Gasteiger partial charge is 0.296 e. The van der Waals surface area contributed by atoms with Crippen LogP contribution in [0.4, 0.5) is 5.13 Å². The summed E-state index contributed by atoms with van der Waals surface area (Å²) in [6.45, 7) is 0.366. The number of hydrogen-bond donors (Lipinski definition) is 0. The molecule has 0 N–H and O–H groups in total. The van der Waals surface area contributed by atoms with Crippen molar-refractivity contribution >= 4 is 43.6 Å². The lowest BCUT2D eigenvalue weighted by molar-refractivity contribution is 0.0960. The fourth-order valence-corrected chi connectivity index (χ4v) is 4.51. The highest BCUT2D eigenvalue weighted by atomic mass is 32.1. The van der Waals surface area contributed by atoms with Gasteiger partial charge in [0.25, 0.3) is 5.91 Å². The van der Waals surface area contributed by atoms with Crippen LogP contribution in [0.1, 0.15) is 16.1 Å². The van der Waals surface area contributed by atoms with Crippen molar-refractivity contribution < 1.29 is 18.7 Å². The topological polar surface area (TPSA) is 64.8 Å². The molecule has 160 valence electrons. The number of aromatic nitrogens is 1. The minimum absolute atomic E-state index is 0.234. The molecule has 0 atom stereocenters. The number of hydrogen-bond acceptors (Lipinski definition) is 6. The number of para-hydroxylation sites is 1. The van der Waals surface area contributed by atoms with Gasteiger partial charge < -0.3 is 13.9 Å². The molecule has 0 saturated carbocycles. The van der Waals surface area contributed by atoms with Crippen molar-refractivity contribution in [2.75, 3.05) is 19.1 Å². The van der Waals surface area contributed by atoms with Crippen LogP contribution in [0.25, 0.3) is 21.2 Å². The second-order valence-corrected chi connectivity index (χ2v) is 8.21. The second kappa shape index (κ2) is 8.36. The molecule has 7 heteroatoms. The molecular formula is C25H20N2O4S. The van der Waals surface area contributed by atoms with E-state index in [-0.39, 0.29) is 11.7 Å². The first kappa shape index (κ1) is 20.1. The van der Waals surface area contributed by atoms with Gasteiger partial charge in [-0.05, 0) is 29.8 Å². The molecule has 5 aromatic rings. The molecule has 1 amide bonds. The maximum Gasteiger partial charge on any atom is 0.296 e. The van der Waals surface area contributed by atoms with Gasteiger partial charge in [0, 0.05) is 11.5 Å². The molecule has 0 saturated heterocycles. The number of fused-ring (bicyclic) bond motifs is 2. The van der Waals surface area contributed by atoms with Crippen molar-refractivity contribution in [2.45, 2.75) is 6.54 Å². The van der Waals surface area contributed by atoms with Crippen molar-refractivity contribution in [3.8, 4) is 11.5 Å². The van der Waals surface area contributed by atoms with Gasteiger partial charge in [-0.3, -0.25) is 9.69 Å². The number of amides is 1. The Morgan fingerprint density at radius 3 is 2.62 bits per heavy atom. The molecular weight excluding hydrogens is 424 g/mol. The largest absolute Gasteiger partial charge is 0.497 e. The zero-order valence-electron chi connectivity index (χ0n) is 17.6. The number of rotatable bonds is 6. The van der Waals surface area contributed by atoms with Crippen LogP contribution in [-0.2, 0) is 6.54 Å². The van der Waals surface area contributed by atoms with E-state index in [0.717, 1.165) is 26.9 Å². The molecule has 0 aliphatic rings. The Bertz CT molecular complexity index is 1410. The third-order valence-corrected chi connectivity index (χ3v) is 6.24. The van der Waals surface area contributed by atoms with Gasteiger partial charge in [0.15, 0.2) is 22.2 Å². The van der Waals surface area contributed by atoms with E-state index in [0.29, 0.717) is 23.0 Å². The summed E-state index contributed by atoms with van der Waals surface area (Å²) in [6.07, 6.45) is 0. The number of furan rings is 1. The van der Waals surface area contributed by atoms with Gasteiger partial charge in [-0.1, -0.05) is 53.8 Å². The highest BCUT2D eigenvalue weighted by Crippen LogP contribution is 2.34. The van der Waals surface area contributed by atoms with E-state index in [9.17, 15) is 4.79 Å². The fourth-order valence-electron chi connectivity index (χ4n) is 3.57. The Kier molecular flexibility index (Phi) is 5.25. The molecule has 0 spiro atoms. The second-order valence-electron chi connectivity index (χ2n) is 7.20. The van der Waals surface area contributed by atoms with Crippen molar-refractivity contribution in [3.63, 3.8) is 0 Å². The van der Waals surface area contributed by atoms with E-state index < -0.39 is 0 Å². The number of methoxy groups -OCH3 is 2. The first-order valence-corrected chi connectivity index (χ1v) is 10.8. The van der Waals surface area contributed by atoms with Gasteiger partial charge in [-0.2, -0.15) is 0 Å². The van der Waals surface area contributed by atoms with E-state index in [2.05, 4.69) is 0 Å². The van der Waals surface area contributed by atoms with Crippen LogP contribution < -0.4 is 14.4 Å². The number of nitrogens with zero attached hydrogens (tertiary/aromatic N) is 2. The summed E-state index contributed by atoms with van der Waals surface area (Å²) in [5, 5.41) is 1.40. The Morgan fingerprint density at radius 1 is 1.00 bits per heavy atom. The molecule has 2 heterocycles. The van der Waals surface area contributed by atoms with Crippen molar-refractivity contribution in [3.05, 3.63) is 84.1 Å². The number of carbonyl (C=O) groups excluding carboxylic acids is 1. The first-order valence-electron chi connectivity index (χ1n) is 10.0. The summed E-state index contributed by atoms with van der Waals surface area (Å²) in [4.78, 5) is 20.0. The molecule has 2 aromatic heterocycles. The van der Waals surface area contributed by atoms with E-state index in [4.69, 9.17) is 18.9 Å². The minimum atomic E-state index is -0.266. The molecule has 32 heavy (non-hydrogen) atoms. The Hall–Kier alpha value is -3.84. The summed E-state index contributed by atoms with van der Waals surface area (Å²) in [7, 11) is 3.20. The molecule has 5 rings (SSSR count). The predicted molar refractivity (Wildman–Crippen MR) is 126 cm³/mol. The number of anilines is 1. The highest BCUT2D eigenvalue weighted by molar-refractivity contribution is 7.22. The van der Waals surface area contributed by atoms with Crippen LogP contribution in [0.15, 0.2) is 77.2 Å². The average Bonchev–Trinajstić information content (AvgIpc) is 3.46. The first-order chi connectivity index (χ1) is 15.7. The van der Waals surface area contributed by atoms with Gasteiger partial charge in [-0.25, -0.2) is 4.98 Å². The summed E-state index contributed by atoms with van der Waals surface area (Å²) in [5.41, 5.74) is 2.32.